The maximum Gasteiger partial charge on any atom is 0.301 e. The molecule has 0 aliphatic carbocycles. The molecule has 1 heterocycles. The van der Waals surface area contributed by atoms with Crippen LogP contribution in [0, 0.1) is 10.1 Å². The Labute approximate surface area is 91.6 Å². The van der Waals surface area contributed by atoms with Gasteiger partial charge in [-0.2, -0.15) is 0 Å². The van der Waals surface area contributed by atoms with Gasteiger partial charge >= 0.3 is 5.69 Å². The number of nitro groups is 1. The number of hydrogen-bond acceptors (Lipinski definition) is 4. The van der Waals surface area contributed by atoms with Gasteiger partial charge in [0.15, 0.2) is 0 Å². The number of halogens is 3. The summed E-state index contributed by atoms with van der Waals surface area (Å²) in [6.07, 6.45) is -2.02. The van der Waals surface area contributed by atoms with Gasteiger partial charge in [-0.15, -0.1) is 0 Å². The second kappa shape index (κ2) is 4.58. The van der Waals surface area contributed by atoms with Crippen LogP contribution in [0.1, 0.15) is 17.7 Å². The lowest BCUT2D eigenvalue weighted by atomic mass is 10.2. The van der Waals surface area contributed by atoms with Gasteiger partial charge in [0.1, 0.15) is 16.4 Å². The SMILES string of the molecule is NCc1c(C(F)F)ncc([N+](=O)[O-])c1Br. The quantitative estimate of drug-likeness (QED) is 0.680. The van der Waals surface area contributed by atoms with E-state index in [0.717, 1.165) is 6.20 Å². The predicted molar refractivity (Wildman–Crippen MR) is 51.4 cm³/mol. The van der Waals surface area contributed by atoms with Crippen LogP contribution >= 0.6 is 15.9 Å². The summed E-state index contributed by atoms with van der Waals surface area (Å²) in [6, 6.07) is 0. The summed E-state index contributed by atoms with van der Waals surface area (Å²) in [5.74, 6) is 0. The molecule has 0 radical (unpaired) electrons. The Bertz CT molecular complexity index is 400. The normalized spacial score (nSPS) is 10.7. The van der Waals surface area contributed by atoms with Crippen molar-refractivity contribution in [2.45, 2.75) is 13.0 Å². The molecule has 0 saturated heterocycles. The van der Waals surface area contributed by atoms with Gasteiger partial charge in [-0.25, -0.2) is 13.8 Å². The van der Waals surface area contributed by atoms with Crippen LogP contribution in [0.2, 0.25) is 0 Å². The monoisotopic (exact) mass is 281 g/mol. The molecular formula is C7H6BrF2N3O2. The van der Waals surface area contributed by atoms with Gasteiger partial charge in [-0.05, 0) is 15.9 Å². The highest BCUT2D eigenvalue weighted by Gasteiger charge is 2.23. The van der Waals surface area contributed by atoms with Crippen molar-refractivity contribution in [1.29, 1.82) is 0 Å². The lowest BCUT2D eigenvalue weighted by molar-refractivity contribution is -0.386. The lowest BCUT2D eigenvalue weighted by Gasteiger charge is -2.07. The highest BCUT2D eigenvalue weighted by atomic mass is 79.9. The van der Waals surface area contributed by atoms with E-state index in [1.807, 2.05) is 0 Å². The highest BCUT2D eigenvalue weighted by Crippen LogP contribution is 2.32. The van der Waals surface area contributed by atoms with E-state index in [0.29, 0.717) is 0 Å². The number of nitrogens with zero attached hydrogens (tertiary/aromatic N) is 2. The van der Waals surface area contributed by atoms with Crippen molar-refractivity contribution < 1.29 is 13.7 Å². The Balaban J connectivity index is 3.39. The van der Waals surface area contributed by atoms with E-state index in [2.05, 4.69) is 20.9 Å². The Morgan fingerprint density at radius 3 is 2.67 bits per heavy atom. The molecule has 0 bridgehead atoms. The Kier molecular flexibility index (Phi) is 3.64. The van der Waals surface area contributed by atoms with E-state index in [-0.39, 0.29) is 22.3 Å². The third kappa shape index (κ3) is 2.26. The number of hydrogen-bond donors (Lipinski definition) is 1. The summed E-state index contributed by atoms with van der Waals surface area (Å²) >= 11 is 2.87. The first-order valence-electron chi connectivity index (χ1n) is 3.79. The zero-order valence-corrected chi connectivity index (χ0v) is 8.87. The molecule has 1 aromatic rings. The average molecular weight is 282 g/mol. The first kappa shape index (κ1) is 11.9. The molecule has 1 aromatic heterocycles. The van der Waals surface area contributed by atoms with Crippen molar-refractivity contribution in [2.24, 2.45) is 5.73 Å². The molecule has 15 heavy (non-hydrogen) atoms. The zero-order valence-electron chi connectivity index (χ0n) is 7.28. The topological polar surface area (TPSA) is 82.0 Å². The molecular weight excluding hydrogens is 276 g/mol. The minimum atomic E-state index is -2.80. The van der Waals surface area contributed by atoms with Crippen LogP contribution in [0.4, 0.5) is 14.5 Å². The molecule has 8 heteroatoms. The standard InChI is InChI=1S/C7H6BrF2N3O2/c8-5-3(1-11)6(7(9)10)12-2-4(5)13(14)15/h2,7H,1,11H2. The number of nitrogens with two attached hydrogens (primary N) is 1. The number of aromatic nitrogens is 1. The van der Waals surface area contributed by atoms with E-state index < -0.39 is 17.0 Å². The number of alkyl halides is 2. The second-order valence-corrected chi connectivity index (χ2v) is 3.38. The third-order valence-electron chi connectivity index (χ3n) is 1.73. The van der Waals surface area contributed by atoms with Crippen LogP contribution in [0.3, 0.4) is 0 Å². The second-order valence-electron chi connectivity index (χ2n) is 2.58. The van der Waals surface area contributed by atoms with E-state index in [4.69, 9.17) is 5.73 Å². The number of pyridine rings is 1. The smallest absolute Gasteiger partial charge is 0.301 e. The Hall–Kier alpha value is -1.15. The van der Waals surface area contributed by atoms with Gasteiger partial charge in [0.2, 0.25) is 0 Å². The molecule has 5 nitrogen and oxygen atoms in total. The molecule has 2 N–H and O–H groups in total. The fraction of sp³-hybridized carbons (Fsp3) is 0.286. The lowest BCUT2D eigenvalue weighted by Crippen LogP contribution is -2.07. The minimum Gasteiger partial charge on any atom is -0.326 e. The van der Waals surface area contributed by atoms with Gasteiger partial charge in [-0.1, -0.05) is 0 Å². The van der Waals surface area contributed by atoms with Crippen molar-refractivity contribution in [1.82, 2.24) is 4.98 Å². The molecule has 0 saturated carbocycles. The predicted octanol–water partition coefficient (Wildman–Crippen LogP) is 2.15. The molecule has 0 aliphatic heterocycles. The first-order chi connectivity index (χ1) is 6.99. The van der Waals surface area contributed by atoms with Crippen LogP contribution < -0.4 is 5.73 Å². The molecule has 1 rings (SSSR count). The number of rotatable bonds is 3. The fourth-order valence-corrected chi connectivity index (χ4v) is 1.65. The fourth-order valence-electron chi connectivity index (χ4n) is 1.04. The van der Waals surface area contributed by atoms with Gasteiger partial charge in [0.25, 0.3) is 6.43 Å². The van der Waals surface area contributed by atoms with Crippen molar-refractivity contribution in [2.75, 3.05) is 0 Å². The molecule has 0 unspecified atom stereocenters. The van der Waals surface area contributed by atoms with Crippen molar-refractivity contribution in [3.8, 4) is 0 Å². The van der Waals surface area contributed by atoms with Gasteiger partial charge in [0.05, 0.1) is 4.92 Å². The van der Waals surface area contributed by atoms with Crippen LogP contribution in [0.15, 0.2) is 10.7 Å². The van der Waals surface area contributed by atoms with E-state index >= 15 is 0 Å². The maximum atomic E-state index is 12.4. The summed E-state index contributed by atoms with van der Waals surface area (Å²) in [4.78, 5) is 13.1. The summed E-state index contributed by atoms with van der Waals surface area (Å²) in [5.41, 5.74) is 4.28. The van der Waals surface area contributed by atoms with Crippen molar-refractivity contribution in [3.63, 3.8) is 0 Å². The Morgan fingerprint density at radius 2 is 2.27 bits per heavy atom. The first-order valence-corrected chi connectivity index (χ1v) is 4.58. The van der Waals surface area contributed by atoms with Crippen LogP contribution in [-0.2, 0) is 6.54 Å². The molecule has 0 aliphatic rings. The summed E-state index contributed by atoms with van der Waals surface area (Å²) < 4.78 is 24.8. The van der Waals surface area contributed by atoms with E-state index in [9.17, 15) is 18.9 Å². The summed E-state index contributed by atoms with van der Waals surface area (Å²) in [5, 5.41) is 10.5. The maximum absolute atomic E-state index is 12.4. The van der Waals surface area contributed by atoms with Gasteiger partial charge in [-0.3, -0.25) is 10.1 Å². The van der Waals surface area contributed by atoms with Crippen LogP contribution in [-0.4, -0.2) is 9.91 Å². The van der Waals surface area contributed by atoms with Crippen molar-refractivity contribution >= 4 is 21.6 Å². The van der Waals surface area contributed by atoms with E-state index in [1.165, 1.54) is 0 Å². The summed E-state index contributed by atoms with van der Waals surface area (Å²) in [6.45, 7) is -0.241. The van der Waals surface area contributed by atoms with Gasteiger partial charge in [0, 0.05) is 12.1 Å². The molecule has 0 aromatic carbocycles. The zero-order chi connectivity index (χ0) is 11.6. The molecule has 0 atom stereocenters. The molecule has 0 spiro atoms. The largest absolute Gasteiger partial charge is 0.326 e. The van der Waals surface area contributed by atoms with Crippen molar-refractivity contribution in [3.05, 3.63) is 32.0 Å². The minimum absolute atomic E-state index is 0.0414. The molecule has 82 valence electrons. The van der Waals surface area contributed by atoms with Crippen LogP contribution in [0.5, 0.6) is 0 Å². The highest BCUT2D eigenvalue weighted by molar-refractivity contribution is 9.10. The third-order valence-corrected chi connectivity index (χ3v) is 2.62. The Morgan fingerprint density at radius 1 is 1.67 bits per heavy atom. The summed E-state index contributed by atoms with van der Waals surface area (Å²) in [7, 11) is 0. The van der Waals surface area contributed by atoms with Gasteiger partial charge < -0.3 is 5.73 Å². The molecule has 0 amide bonds. The van der Waals surface area contributed by atoms with Crippen LogP contribution in [0.25, 0.3) is 0 Å². The average Bonchev–Trinajstić information content (AvgIpc) is 2.16. The van der Waals surface area contributed by atoms with E-state index in [1.54, 1.807) is 0 Å². The molecule has 0 fully saturated rings.